The molecule has 8 bridgehead atoms. The number of hydrogen-bond acceptors (Lipinski definition) is 4. The van der Waals surface area contributed by atoms with Gasteiger partial charge in [-0.15, -0.1) is 22.1 Å². The first-order chi connectivity index (χ1) is 33.2. The summed E-state index contributed by atoms with van der Waals surface area (Å²) in [7, 11) is 0. The van der Waals surface area contributed by atoms with E-state index >= 15 is 0 Å². The zero-order valence-corrected chi connectivity index (χ0v) is 45.3. The van der Waals surface area contributed by atoms with Gasteiger partial charge in [0.25, 0.3) is 0 Å². The van der Waals surface area contributed by atoms with Gasteiger partial charge < -0.3 is 9.97 Å². The van der Waals surface area contributed by atoms with Gasteiger partial charge in [-0.05, 0) is 201 Å². The van der Waals surface area contributed by atoms with Crippen LogP contribution in [0.3, 0.4) is 0 Å². The van der Waals surface area contributed by atoms with Crippen molar-refractivity contribution in [1.29, 1.82) is 0 Å². The fraction of sp³-hybridized carbons (Fsp3) is 0.159. The van der Waals surface area contributed by atoms with Gasteiger partial charge in [-0.1, -0.05) is 113 Å². The average molecular weight is 979 g/mol. The molecule has 2 aliphatic heterocycles. The number of aryl methyl sites for hydroxylation is 9. The summed E-state index contributed by atoms with van der Waals surface area (Å²) in [4.78, 5) is 34.8. The van der Waals surface area contributed by atoms with E-state index in [2.05, 4.69) is 183 Å². The van der Waals surface area contributed by atoms with E-state index in [1.54, 1.807) is 6.92 Å². The minimum Gasteiger partial charge on any atom is -0.657 e. The Labute approximate surface area is 428 Å². The third kappa shape index (κ3) is 9.23. The van der Waals surface area contributed by atoms with E-state index < -0.39 is 0 Å². The third-order valence-corrected chi connectivity index (χ3v) is 13.8. The predicted molar refractivity (Wildman–Crippen MR) is 290 cm³/mol. The predicted octanol–water partition coefficient (Wildman–Crippen LogP) is 15.4. The number of carbonyl (C=O) groups is 1. The molecule has 0 aliphatic carbocycles. The molecule has 5 aromatic carbocycles. The number of rotatable bonds is 5. The van der Waals surface area contributed by atoms with Gasteiger partial charge in [-0.3, -0.25) is 4.79 Å². The minimum absolute atomic E-state index is 0. The quantitative estimate of drug-likeness (QED) is 0.0972. The second-order valence-electron chi connectivity index (χ2n) is 18.6. The van der Waals surface area contributed by atoms with Gasteiger partial charge in [0, 0.05) is 22.9 Å². The minimum atomic E-state index is 0. The van der Waals surface area contributed by atoms with E-state index in [1.807, 2.05) is 24.3 Å². The van der Waals surface area contributed by atoms with Gasteiger partial charge >= 0.3 is 19.5 Å². The molecule has 5 nitrogen and oxygen atoms in total. The molecule has 0 fully saturated rings. The van der Waals surface area contributed by atoms with E-state index in [1.165, 1.54) is 61.8 Å². The Hall–Kier alpha value is -7.10. The molecule has 10 rings (SSSR count). The second kappa shape index (κ2) is 19.4. The Morgan fingerprint density at radius 2 is 0.714 bits per heavy atom. The average Bonchev–Trinajstić information content (AvgIpc) is 4.14. The number of nitrogens with zero attached hydrogens (tertiary/aromatic N) is 4. The summed E-state index contributed by atoms with van der Waals surface area (Å²) in [5.74, 6) is 6.65. The van der Waals surface area contributed by atoms with Gasteiger partial charge in [0.15, 0.2) is 5.12 Å². The SMILES string of the molecule is CC(=O)Sc1ccc(C#Cc2ccc(-c3c4nc(c(-c5c(C)cc(C)cc5C)c5ccc([n-]5)c(-c5c(C)cc(C)cc5C)c5nc(c(-c6c(C)cc(C)cc6C)c6ccc3[n-]6)C=C5)C=C4)cc2)cc1.[Zn+2]. The van der Waals surface area contributed by atoms with Gasteiger partial charge in [-0.25, -0.2) is 9.97 Å². The van der Waals surface area contributed by atoms with Crippen LogP contribution in [0.25, 0.3) is 90.9 Å². The smallest absolute Gasteiger partial charge is 0.657 e. The second-order valence-corrected chi connectivity index (χ2v) is 19.9. The van der Waals surface area contributed by atoms with Crippen LogP contribution in [0.5, 0.6) is 0 Å². The molecule has 338 valence electrons. The van der Waals surface area contributed by atoms with Crippen LogP contribution in [0.2, 0.25) is 0 Å². The first kappa shape index (κ1) is 47.9. The Balaban J connectivity index is 0.00000608. The zero-order valence-electron chi connectivity index (χ0n) is 41.5. The van der Waals surface area contributed by atoms with Crippen molar-refractivity contribution in [3.8, 4) is 56.3 Å². The Morgan fingerprint density at radius 1 is 0.414 bits per heavy atom. The van der Waals surface area contributed by atoms with Crippen molar-refractivity contribution >= 4 is 63.2 Å². The standard InChI is InChI=1S/C63H52N4OS.Zn/c1-35-29-38(4)57(39(5)30-35)61-51-23-21-49(64-51)60(47-17-13-45(14-18-47)11-12-46-15-19-48(20-16-46)69-44(10)68)50-22-24-52(65-50)62(58-40(6)31-36(2)32-41(58)7)54-26-28-56(67-54)63(55-27-25-53(61)66-55)59-42(8)33-37(3)34-43(59)9;/h13-34H,1-10H3;/q-2;+2. The molecule has 0 radical (unpaired) electrons. The van der Waals surface area contributed by atoms with Crippen molar-refractivity contribution in [3.63, 3.8) is 0 Å². The molecule has 0 saturated carbocycles. The number of hydrogen-bond donors (Lipinski definition) is 0. The Bertz CT molecular complexity index is 3640. The Morgan fingerprint density at radius 3 is 1.04 bits per heavy atom. The third-order valence-electron chi connectivity index (χ3n) is 13.0. The van der Waals surface area contributed by atoms with Crippen LogP contribution in [0, 0.1) is 74.2 Å². The summed E-state index contributed by atoms with van der Waals surface area (Å²) in [6.07, 6.45) is 8.58. The molecule has 0 N–H and O–H groups in total. The van der Waals surface area contributed by atoms with Crippen LogP contribution in [0.1, 0.15) is 90.9 Å². The van der Waals surface area contributed by atoms with Crippen LogP contribution >= 0.6 is 11.8 Å². The number of aromatic nitrogens is 4. The fourth-order valence-electron chi connectivity index (χ4n) is 10.5. The van der Waals surface area contributed by atoms with E-state index in [-0.39, 0.29) is 24.6 Å². The van der Waals surface area contributed by atoms with Crippen molar-refractivity contribution in [2.24, 2.45) is 0 Å². The maximum absolute atomic E-state index is 11.6. The molecule has 3 aromatic heterocycles. The van der Waals surface area contributed by atoms with E-state index in [0.29, 0.717) is 0 Å². The summed E-state index contributed by atoms with van der Waals surface area (Å²) in [5.41, 5.74) is 27.4. The molecule has 0 saturated heterocycles. The van der Waals surface area contributed by atoms with E-state index in [4.69, 9.17) is 19.9 Å². The zero-order chi connectivity index (χ0) is 48.2. The largest absolute Gasteiger partial charge is 2.00 e. The molecule has 5 heterocycles. The molecule has 0 amide bonds. The first-order valence-corrected chi connectivity index (χ1v) is 24.2. The normalized spacial score (nSPS) is 11.6. The summed E-state index contributed by atoms with van der Waals surface area (Å²) in [6, 6.07) is 38.2. The van der Waals surface area contributed by atoms with Gasteiger partial charge in [0.1, 0.15) is 0 Å². The van der Waals surface area contributed by atoms with Crippen LogP contribution < -0.4 is 9.97 Å². The number of benzene rings is 5. The van der Waals surface area contributed by atoms with Crippen LogP contribution in [-0.4, -0.2) is 15.1 Å². The Kier molecular flexibility index (Phi) is 13.3. The molecule has 2 aliphatic rings. The fourth-order valence-corrected chi connectivity index (χ4v) is 11.1. The van der Waals surface area contributed by atoms with Crippen LogP contribution in [0.15, 0.2) is 114 Å². The van der Waals surface area contributed by atoms with Gasteiger partial charge in [-0.2, -0.15) is 0 Å². The summed E-state index contributed by atoms with van der Waals surface area (Å²) < 4.78 is 0. The van der Waals surface area contributed by atoms with Crippen molar-refractivity contribution in [3.05, 3.63) is 193 Å². The topological polar surface area (TPSA) is 71.1 Å². The summed E-state index contributed by atoms with van der Waals surface area (Å²) in [5, 5.41) is 0.0586. The van der Waals surface area contributed by atoms with Gasteiger partial charge in [0.2, 0.25) is 0 Å². The number of thioether (sulfide) groups is 1. The van der Waals surface area contributed by atoms with Crippen LogP contribution in [0.4, 0.5) is 0 Å². The molecular weight excluding hydrogens is 926 g/mol. The van der Waals surface area contributed by atoms with E-state index in [0.717, 1.165) is 105 Å². The molecular formula is C63H52N4OSZn. The maximum Gasteiger partial charge on any atom is 2.00 e. The molecule has 0 atom stereocenters. The van der Waals surface area contributed by atoms with Gasteiger partial charge in [0.05, 0.1) is 22.8 Å². The maximum atomic E-state index is 11.6. The monoisotopic (exact) mass is 976 g/mol. The number of carbonyl (C=O) groups excluding carboxylic acids is 1. The molecule has 0 spiro atoms. The molecule has 8 aromatic rings. The van der Waals surface area contributed by atoms with Crippen LogP contribution in [-0.2, 0) is 24.3 Å². The number of fused-ring (bicyclic) bond motifs is 8. The van der Waals surface area contributed by atoms with E-state index in [9.17, 15) is 4.79 Å². The molecule has 7 heteroatoms. The molecule has 0 unspecified atom stereocenters. The first-order valence-electron chi connectivity index (χ1n) is 23.4. The van der Waals surface area contributed by atoms with Crippen molar-refractivity contribution in [2.75, 3.05) is 0 Å². The summed E-state index contributed by atoms with van der Waals surface area (Å²) >= 11 is 1.22. The van der Waals surface area contributed by atoms with Crippen molar-refractivity contribution < 1.29 is 24.3 Å². The van der Waals surface area contributed by atoms with Crippen molar-refractivity contribution in [2.45, 2.75) is 74.1 Å². The van der Waals surface area contributed by atoms with Crippen molar-refractivity contribution in [1.82, 2.24) is 19.9 Å². The summed E-state index contributed by atoms with van der Waals surface area (Å²) in [6.45, 7) is 21.2. The molecule has 70 heavy (non-hydrogen) atoms.